The molecule has 0 radical (unpaired) electrons. The topological polar surface area (TPSA) is 58.5 Å². The number of methoxy groups -OCH3 is 1. The van der Waals surface area contributed by atoms with E-state index in [9.17, 15) is 0 Å². The van der Waals surface area contributed by atoms with Crippen molar-refractivity contribution in [3.63, 3.8) is 0 Å². The lowest BCUT2D eigenvalue weighted by molar-refractivity contribution is 0.397. The Balaban J connectivity index is 1.97. The summed E-state index contributed by atoms with van der Waals surface area (Å²) in [6.45, 7) is 6.28. The number of aliphatic imine (C=N–C) groups is 1. The minimum atomic E-state index is 0.572. The molecule has 0 fully saturated rings. The van der Waals surface area contributed by atoms with Gasteiger partial charge in [0.05, 0.1) is 13.7 Å². The summed E-state index contributed by atoms with van der Waals surface area (Å²) in [7, 11) is 1.61. The Kier molecular flexibility index (Phi) is 6.41. The molecule has 0 atom stereocenters. The standard InChI is InChI=1S/C18H24N4O/c1-4-19-18(21-12-15-7-5-14(2)6-8-15)22-13-16-9-10-20-17(11-16)23-3/h5-11H,4,12-13H2,1-3H3,(H2,19,21,22). The van der Waals surface area contributed by atoms with E-state index in [2.05, 4.69) is 58.7 Å². The molecule has 5 nitrogen and oxygen atoms in total. The van der Waals surface area contributed by atoms with Crippen molar-refractivity contribution in [2.75, 3.05) is 13.7 Å². The summed E-state index contributed by atoms with van der Waals surface area (Å²) < 4.78 is 5.13. The molecule has 0 bridgehead atoms. The number of rotatable bonds is 6. The van der Waals surface area contributed by atoms with Crippen molar-refractivity contribution in [2.45, 2.75) is 26.9 Å². The van der Waals surface area contributed by atoms with Gasteiger partial charge in [-0.25, -0.2) is 9.98 Å². The third-order valence-electron chi connectivity index (χ3n) is 3.35. The predicted octanol–water partition coefficient (Wildman–Crippen LogP) is 2.65. The molecule has 1 heterocycles. The Bertz CT molecular complexity index is 638. The summed E-state index contributed by atoms with van der Waals surface area (Å²) in [6.07, 6.45) is 1.73. The van der Waals surface area contributed by atoms with Crippen LogP contribution in [0.4, 0.5) is 0 Å². The summed E-state index contributed by atoms with van der Waals surface area (Å²) in [5.41, 5.74) is 3.55. The largest absolute Gasteiger partial charge is 0.481 e. The van der Waals surface area contributed by atoms with Gasteiger partial charge in [0.1, 0.15) is 0 Å². The SMILES string of the molecule is CCNC(=NCc1ccnc(OC)c1)NCc1ccc(C)cc1. The smallest absolute Gasteiger partial charge is 0.213 e. The summed E-state index contributed by atoms with van der Waals surface area (Å²) in [4.78, 5) is 8.71. The summed E-state index contributed by atoms with van der Waals surface area (Å²) in [6, 6.07) is 12.3. The lowest BCUT2D eigenvalue weighted by atomic mass is 10.1. The molecule has 0 aliphatic rings. The van der Waals surface area contributed by atoms with E-state index in [1.54, 1.807) is 13.3 Å². The fraction of sp³-hybridized carbons (Fsp3) is 0.333. The minimum absolute atomic E-state index is 0.572. The molecule has 0 unspecified atom stereocenters. The molecule has 5 heteroatoms. The van der Waals surface area contributed by atoms with Crippen LogP contribution in [0.1, 0.15) is 23.6 Å². The van der Waals surface area contributed by atoms with Gasteiger partial charge >= 0.3 is 0 Å². The molecule has 2 aromatic rings. The van der Waals surface area contributed by atoms with Gasteiger partial charge in [-0.05, 0) is 31.0 Å². The second kappa shape index (κ2) is 8.78. The highest BCUT2D eigenvalue weighted by molar-refractivity contribution is 5.79. The van der Waals surface area contributed by atoms with Crippen molar-refractivity contribution in [1.82, 2.24) is 15.6 Å². The molecule has 0 saturated carbocycles. The number of hydrogen-bond donors (Lipinski definition) is 2. The number of nitrogens with one attached hydrogen (secondary N) is 2. The fourth-order valence-corrected chi connectivity index (χ4v) is 2.06. The maximum Gasteiger partial charge on any atom is 0.213 e. The lowest BCUT2D eigenvalue weighted by Crippen LogP contribution is -2.36. The van der Waals surface area contributed by atoms with E-state index in [0.29, 0.717) is 12.4 Å². The van der Waals surface area contributed by atoms with Crippen molar-refractivity contribution in [1.29, 1.82) is 0 Å². The first-order valence-corrected chi connectivity index (χ1v) is 7.78. The quantitative estimate of drug-likeness (QED) is 0.636. The van der Waals surface area contributed by atoms with Crippen LogP contribution in [0.15, 0.2) is 47.6 Å². The molecular formula is C18H24N4O. The van der Waals surface area contributed by atoms with Gasteiger partial charge in [0.15, 0.2) is 5.96 Å². The average molecular weight is 312 g/mol. The van der Waals surface area contributed by atoms with Crippen LogP contribution in [0.3, 0.4) is 0 Å². The van der Waals surface area contributed by atoms with E-state index in [-0.39, 0.29) is 0 Å². The van der Waals surface area contributed by atoms with Gasteiger partial charge in [-0.3, -0.25) is 0 Å². The second-order valence-corrected chi connectivity index (χ2v) is 5.24. The molecule has 0 aliphatic heterocycles. The number of ether oxygens (including phenoxy) is 1. The number of aromatic nitrogens is 1. The fourth-order valence-electron chi connectivity index (χ4n) is 2.06. The molecule has 2 rings (SSSR count). The predicted molar refractivity (Wildman–Crippen MR) is 93.6 cm³/mol. The number of benzene rings is 1. The third kappa shape index (κ3) is 5.62. The number of aryl methyl sites for hydroxylation is 1. The van der Waals surface area contributed by atoms with Crippen LogP contribution in [0, 0.1) is 6.92 Å². The van der Waals surface area contributed by atoms with Crippen LogP contribution in [-0.4, -0.2) is 24.6 Å². The average Bonchev–Trinajstić information content (AvgIpc) is 2.59. The molecule has 0 spiro atoms. The Morgan fingerprint density at radius 2 is 1.91 bits per heavy atom. The first-order valence-electron chi connectivity index (χ1n) is 7.78. The summed E-state index contributed by atoms with van der Waals surface area (Å²) in [5, 5.41) is 6.60. The monoisotopic (exact) mass is 312 g/mol. The summed E-state index contributed by atoms with van der Waals surface area (Å²) in [5.74, 6) is 1.40. The van der Waals surface area contributed by atoms with E-state index in [1.165, 1.54) is 11.1 Å². The highest BCUT2D eigenvalue weighted by atomic mass is 16.5. The van der Waals surface area contributed by atoms with Crippen molar-refractivity contribution in [2.24, 2.45) is 4.99 Å². The maximum atomic E-state index is 5.13. The number of guanidine groups is 1. The van der Waals surface area contributed by atoms with Crippen molar-refractivity contribution in [3.05, 3.63) is 59.3 Å². The number of nitrogens with zero attached hydrogens (tertiary/aromatic N) is 2. The van der Waals surface area contributed by atoms with Crippen LogP contribution >= 0.6 is 0 Å². The summed E-state index contributed by atoms with van der Waals surface area (Å²) >= 11 is 0. The van der Waals surface area contributed by atoms with Crippen molar-refractivity contribution < 1.29 is 4.74 Å². The molecular weight excluding hydrogens is 288 g/mol. The molecule has 1 aromatic heterocycles. The molecule has 122 valence electrons. The Hall–Kier alpha value is -2.56. The molecule has 1 aromatic carbocycles. The first-order chi connectivity index (χ1) is 11.2. The lowest BCUT2D eigenvalue weighted by Gasteiger charge is -2.11. The molecule has 0 amide bonds. The van der Waals surface area contributed by atoms with Crippen LogP contribution < -0.4 is 15.4 Å². The normalized spacial score (nSPS) is 11.2. The maximum absolute atomic E-state index is 5.13. The van der Waals surface area contributed by atoms with Gasteiger partial charge in [0.25, 0.3) is 0 Å². The Morgan fingerprint density at radius 1 is 1.13 bits per heavy atom. The van der Waals surface area contributed by atoms with Crippen molar-refractivity contribution in [3.8, 4) is 5.88 Å². The zero-order chi connectivity index (χ0) is 16.5. The third-order valence-corrected chi connectivity index (χ3v) is 3.35. The van der Waals surface area contributed by atoms with E-state index in [4.69, 9.17) is 4.74 Å². The Morgan fingerprint density at radius 3 is 2.61 bits per heavy atom. The minimum Gasteiger partial charge on any atom is -0.481 e. The zero-order valence-corrected chi connectivity index (χ0v) is 14.0. The molecule has 2 N–H and O–H groups in total. The second-order valence-electron chi connectivity index (χ2n) is 5.24. The van der Waals surface area contributed by atoms with Gasteiger partial charge in [-0.1, -0.05) is 29.8 Å². The van der Waals surface area contributed by atoms with Gasteiger partial charge < -0.3 is 15.4 Å². The number of hydrogen-bond acceptors (Lipinski definition) is 3. The zero-order valence-electron chi connectivity index (χ0n) is 14.0. The van der Waals surface area contributed by atoms with E-state index >= 15 is 0 Å². The first kappa shape index (κ1) is 16.8. The van der Waals surface area contributed by atoms with Crippen LogP contribution in [-0.2, 0) is 13.1 Å². The van der Waals surface area contributed by atoms with Crippen molar-refractivity contribution >= 4 is 5.96 Å². The van der Waals surface area contributed by atoms with Gasteiger partial charge in [-0.15, -0.1) is 0 Å². The molecule has 0 aliphatic carbocycles. The van der Waals surface area contributed by atoms with Gasteiger partial charge in [0, 0.05) is 25.4 Å². The Labute approximate surface area is 137 Å². The number of pyridine rings is 1. The van der Waals surface area contributed by atoms with Crippen LogP contribution in [0.5, 0.6) is 5.88 Å². The van der Waals surface area contributed by atoms with Gasteiger partial charge in [-0.2, -0.15) is 0 Å². The molecule has 0 saturated heterocycles. The highest BCUT2D eigenvalue weighted by Gasteiger charge is 2.00. The van der Waals surface area contributed by atoms with E-state index in [0.717, 1.165) is 24.6 Å². The van der Waals surface area contributed by atoms with E-state index < -0.39 is 0 Å². The van der Waals surface area contributed by atoms with Crippen LogP contribution in [0.25, 0.3) is 0 Å². The molecule has 23 heavy (non-hydrogen) atoms. The van der Waals surface area contributed by atoms with E-state index in [1.807, 2.05) is 12.1 Å². The van der Waals surface area contributed by atoms with Gasteiger partial charge in [0.2, 0.25) is 5.88 Å². The van der Waals surface area contributed by atoms with Crippen LogP contribution in [0.2, 0.25) is 0 Å². The highest BCUT2D eigenvalue weighted by Crippen LogP contribution is 2.09.